The van der Waals surface area contributed by atoms with Crippen LogP contribution >= 0.6 is 0 Å². The summed E-state index contributed by atoms with van der Waals surface area (Å²) in [5, 5.41) is 9.34. The maximum Gasteiger partial charge on any atom is 0.190 e. The van der Waals surface area contributed by atoms with E-state index in [0.29, 0.717) is 0 Å². The van der Waals surface area contributed by atoms with Gasteiger partial charge in [-0.3, -0.25) is 0 Å². The fourth-order valence-corrected chi connectivity index (χ4v) is 2.68. The summed E-state index contributed by atoms with van der Waals surface area (Å²) >= 11 is 0. The van der Waals surface area contributed by atoms with Crippen molar-refractivity contribution in [3.63, 3.8) is 0 Å². The first-order valence-corrected chi connectivity index (χ1v) is 5.93. The monoisotopic (exact) mass is 246 g/mol. The fraction of sp³-hybridized carbons (Fsp3) is 1.00. The van der Waals surface area contributed by atoms with Gasteiger partial charge in [-0.15, -0.1) is 0 Å². The zero-order valence-electron chi connectivity index (χ0n) is 10.2. The molecule has 0 radical (unpaired) electrons. The number of rotatable bonds is 1. The van der Waals surface area contributed by atoms with Gasteiger partial charge in [0, 0.05) is 0 Å². The molecule has 98 valence electrons. The second-order valence-corrected chi connectivity index (χ2v) is 5.09. The van der Waals surface area contributed by atoms with E-state index < -0.39 is 18.2 Å². The Hall–Kier alpha value is -0.240. The minimum Gasteiger partial charge on any atom is -0.394 e. The van der Waals surface area contributed by atoms with E-state index in [2.05, 4.69) is 0 Å². The van der Waals surface area contributed by atoms with Gasteiger partial charge in [-0.2, -0.15) is 0 Å². The third kappa shape index (κ3) is 1.89. The lowest BCUT2D eigenvalue weighted by molar-refractivity contribution is -0.230. The molecule has 6 nitrogen and oxygen atoms in total. The number of ether oxygens (including phenoxy) is 5. The molecule has 0 aromatic carbocycles. The van der Waals surface area contributed by atoms with Crippen molar-refractivity contribution in [2.75, 3.05) is 6.61 Å². The first-order chi connectivity index (χ1) is 8.00. The number of hydrogen-bond donors (Lipinski definition) is 1. The van der Waals surface area contributed by atoms with Crippen molar-refractivity contribution < 1.29 is 28.8 Å². The van der Waals surface area contributed by atoms with Gasteiger partial charge in [0.05, 0.1) is 6.61 Å². The van der Waals surface area contributed by atoms with Gasteiger partial charge in [-0.25, -0.2) is 0 Å². The molecule has 0 saturated carbocycles. The molecule has 0 aromatic rings. The lowest BCUT2D eigenvalue weighted by Gasteiger charge is -2.36. The number of aliphatic hydroxyl groups is 1. The highest BCUT2D eigenvalue weighted by molar-refractivity contribution is 4.98. The zero-order valence-corrected chi connectivity index (χ0v) is 10.2. The minimum atomic E-state index is -0.684. The predicted octanol–water partition coefficient (Wildman–Crippen LogP) is -0.0149. The number of fused-ring (bicyclic) bond motifs is 3. The maximum atomic E-state index is 9.34. The summed E-state index contributed by atoms with van der Waals surface area (Å²) in [7, 11) is 0. The summed E-state index contributed by atoms with van der Waals surface area (Å²) in [6.45, 7) is 5.37. The summed E-state index contributed by atoms with van der Waals surface area (Å²) < 4.78 is 28.3. The van der Waals surface area contributed by atoms with Crippen LogP contribution in [0.25, 0.3) is 0 Å². The predicted molar refractivity (Wildman–Crippen MR) is 55.0 cm³/mol. The highest BCUT2D eigenvalue weighted by Crippen LogP contribution is 2.41. The van der Waals surface area contributed by atoms with Gasteiger partial charge in [0.25, 0.3) is 0 Å². The van der Waals surface area contributed by atoms with Crippen LogP contribution in [0.15, 0.2) is 0 Å². The molecule has 3 rings (SSSR count). The molecule has 0 aromatic heterocycles. The van der Waals surface area contributed by atoms with E-state index in [1.54, 1.807) is 0 Å². The average Bonchev–Trinajstić information content (AvgIpc) is 2.75. The van der Waals surface area contributed by atoms with Gasteiger partial charge in [-0.05, 0) is 20.8 Å². The molecule has 3 saturated heterocycles. The summed E-state index contributed by atoms with van der Waals surface area (Å²) in [4.78, 5) is 0. The Morgan fingerprint density at radius 3 is 2.41 bits per heavy atom. The molecular weight excluding hydrogens is 228 g/mol. The Morgan fingerprint density at radius 2 is 1.71 bits per heavy atom. The summed E-state index contributed by atoms with van der Waals surface area (Å²) in [5.74, 6) is -0.684. The molecule has 0 aliphatic carbocycles. The maximum absolute atomic E-state index is 9.34. The van der Waals surface area contributed by atoms with Gasteiger partial charge < -0.3 is 28.8 Å². The molecule has 3 aliphatic rings. The molecule has 6 atom stereocenters. The van der Waals surface area contributed by atoms with Gasteiger partial charge in [-0.1, -0.05) is 0 Å². The van der Waals surface area contributed by atoms with Crippen LogP contribution < -0.4 is 0 Å². The molecule has 0 amide bonds. The Morgan fingerprint density at radius 1 is 1.00 bits per heavy atom. The highest BCUT2D eigenvalue weighted by Gasteiger charge is 2.58. The molecule has 1 N–H and O–H groups in total. The normalized spacial score (nSPS) is 52.2. The lowest BCUT2D eigenvalue weighted by atomic mass is 9.99. The van der Waals surface area contributed by atoms with Crippen LogP contribution in [0.5, 0.6) is 0 Å². The second kappa shape index (κ2) is 3.88. The molecule has 3 fully saturated rings. The van der Waals surface area contributed by atoms with E-state index in [-0.39, 0.29) is 31.2 Å². The summed E-state index contributed by atoms with van der Waals surface area (Å²) in [6, 6.07) is 0. The van der Waals surface area contributed by atoms with E-state index >= 15 is 0 Å². The zero-order chi connectivity index (χ0) is 12.2. The van der Waals surface area contributed by atoms with Crippen molar-refractivity contribution in [2.45, 2.75) is 63.6 Å². The van der Waals surface area contributed by atoms with E-state index in [1.165, 1.54) is 0 Å². The molecule has 0 bridgehead atoms. The Bertz CT molecular complexity index is 306. The Labute approximate surface area is 99.7 Å². The van der Waals surface area contributed by atoms with Gasteiger partial charge in [0.1, 0.15) is 24.4 Å². The van der Waals surface area contributed by atoms with Crippen molar-refractivity contribution in [2.24, 2.45) is 0 Å². The van der Waals surface area contributed by atoms with Crippen molar-refractivity contribution in [1.82, 2.24) is 0 Å². The van der Waals surface area contributed by atoms with E-state index in [4.69, 9.17) is 23.7 Å². The number of aliphatic hydroxyl groups excluding tert-OH is 1. The van der Waals surface area contributed by atoms with Crippen LogP contribution in [0.2, 0.25) is 0 Å². The molecule has 1 unspecified atom stereocenters. The third-order valence-electron chi connectivity index (χ3n) is 3.29. The number of hydrogen-bond acceptors (Lipinski definition) is 6. The fourth-order valence-electron chi connectivity index (χ4n) is 2.68. The topological polar surface area (TPSA) is 66.4 Å². The van der Waals surface area contributed by atoms with Gasteiger partial charge >= 0.3 is 0 Å². The van der Waals surface area contributed by atoms with Crippen LogP contribution in [0.3, 0.4) is 0 Å². The molecule has 6 heteroatoms. The quantitative estimate of drug-likeness (QED) is 0.701. The van der Waals surface area contributed by atoms with Crippen LogP contribution in [0, 0.1) is 0 Å². The second-order valence-electron chi connectivity index (χ2n) is 5.09. The van der Waals surface area contributed by atoms with Crippen LogP contribution in [-0.2, 0) is 23.7 Å². The lowest BCUT2D eigenvalue weighted by Crippen LogP contribution is -2.56. The minimum absolute atomic E-state index is 0.123. The molecule has 3 aliphatic heterocycles. The van der Waals surface area contributed by atoms with Crippen molar-refractivity contribution >= 4 is 0 Å². The Kier molecular flexibility index (Phi) is 2.70. The van der Waals surface area contributed by atoms with Crippen LogP contribution in [0.4, 0.5) is 0 Å². The first-order valence-electron chi connectivity index (χ1n) is 5.93. The smallest absolute Gasteiger partial charge is 0.190 e. The highest BCUT2D eigenvalue weighted by atomic mass is 16.8. The largest absolute Gasteiger partial charge is 0.394 e. The molecular formula is C11H18O6. The molecule has 0 spiro atoms. The van der Waals surface area contributed by atoms with E-state index in [1.807, 2.05) is 20.8 Å². The van der Waals surface area contributed by atoms with Gasteiger partial charge in [0.2, 0.25) is 0 Å². The Balaban J connectivity index is 1.85. The first kappa shape index (κ1) is 11.8. The standard InChI is InChI=1S/C11H18O6/c1-5-13-9-8-7(16-11(2,3)17-8)6(4-12)15-10(9)14-5/h5-10,12H,4H2,1-3H3/t5?,6-,7+,8+,9-,10+/m1/s1. The van der Waals surface area contributed by atoms with Crippen LogP contribution in [-0.4, -0.2) is 54.5 Å². The molecule has 3 heterocycles. The summed E-state index contributed by atoms with van der Waals surface area (Å²) in [5.41, 5.74) is 0. The van der Waals surface area contributed by atoms with Crippen molar-refractivity contribution in [3.05, 3.63) is 0 Å². The van der Waals surface area contributed by atoms with Crippen molar-refractivity contribution in [3.8, 4) is 0 Å². The summed E-state index contributed by atoms with van der Waals surface area (Å²) in [6.07, 6.45) is -2.11. The van der Waals surface area contributed by atoms with Crippen LogP contribution in [0.1, 0.15) is 20.8 Å². The van der Waals surface area contributed by atoms with Gasteiger partial charge in [0.15, 0.2) is 18.4 Å². The molecule has 17 heavy (non-hydrogen) atoms. The van der Waals surface area contributed by atoms with E-state index in [9.17, 15) is 5.11 Å². The van der Waals surface area contributed by atoms with Crippen molar-refractivity contribution in [1.29, 1.82) is 0 Å². The third-order valence-corrected chi connectivity index (χ3v) is 3.29. The van der Waals surface area contributed by atoms with E-state index in [0.717, 1.165) is 0 Å². The SMILES string of the molecule is CC1O[C@H]2O[C@H](CO)[C@@H]3OC(C)(C)O[C@@H]3[C@H]2O1. The average molecular weight is 246 g/mol.